The van der Waals surface area contributed by atoms with Gasteiger partial charge in [0.2, 0.25) is 0 Å². The van der Waals surface area contributed by atoms with Gasteiger partial charge in [0.1, 0.15) is 26.2 Å². The predicted octanol–water partition coefficient (Wildman–Crippen LogP) is 4.70. The average molecular weight is 443 g/mol. The minimum Gasteiger partial charge on any atom is -0.315 e. The maximum Gasteiger partial charge on any atom is 0.256 e. The van der Waals surface area contributed by atoms with Crippen molar-refractivity contribution in [1.82, 2.24) is 9.96 Å². The van der Waals surface area contributed by atoms with Crippen LogP contribution >= 0.6 is 15.9 Å². The van der Waals surface area contributed by atoms with Gasteiger partial charge in [-0.1, -0.05) is 28.1 Å². The molecule has 1 aliphatic heterocycles. The first kappa shape index (κ1) is 19.9. The van der Waals surface area contributed by atoms with Gasteiger partial charge in [0.05, 0.1) is 5.56 Å². The molecular formula is C19H18BrF3N2O2. The summed E-state index contributed by atoms with van der Waals surface area (Å²) in [5.74, 6) is -0.595. The summed E-state index contributed by atoms with van der Waals surface area (Å²) in [4.78, 5) is 14.5. The summed E-state index contributed by atoms with van der Waals surface area (Å²) < 4.78 is 40.8. The molecule has 1 amide bonds. The number of hydrogen-bond acceptors (Lipinski definition) is 3. The van der Waals surface area contributed by atoms with Crippen LogP contribution in [0.5, 0.6) is 0 Å². The first-order valence-electron chi connectivity index (χ1n) is 8.34. The third kappa shape index (κ3) is 3.88. The number of benzene rings is 2. The van der Waals surface area contributed by atoms with E-state index in [2.05, 4.69) is 15.9 Å². The lowest BCUT2D eigenvalue weighted by Gasteiger charge is -2.28. The van der Waals surface area contributed by atoms with E-state index < -0.39 is 32.1 Å². The number of carbonyl (C=O) groups is 1. The van der Waals surface area contributed by atoms with E-state index in [1.165, 1.54) is 17.0 Å². The Labute approximate surface area is 163 Å². The van der Waals surface area contributed by atoms with E-state index in [1.807, 2.05) is 6.07 Å². The SMILES string of the molecule is O=C(c1c(CF)cc(CF)cc1CF)N1CCN(O)C1c1cccc(Br)c1. The Morgan fingerprint density at radius 1 is 1.07 bits per heavy atom. The number of carbonyl (C=O) groups excluding carboxylic acids is 1. The summed E-state index contributed by atoms with van der Waals surface area (Å²) in [7, 11) is 0. The quantitative estimate of drug-likeness (QED) is 0.729. The smallest absolute Gasteiger partial charge is 0.256 e. The molecule has 27 heavy (non-hydrogen) atoms. The van der Waals surface area contributed by atoms with Crippen LogP contribution in [-0.4, -0.2) is 34.2 Å². The zero-order valence-electron chi connectivity index (χ0n) is 14.3. The molecule has 144 valence electrons. The molecule has 3 rings (SSSR count). The molecule has 1 N–H and O–H groups in total. The monoisotopic (exact) mass is 442 g/mol. The highest BCUT2D eigenvalue weighted by Gasteiger charge is 2.37. The third-order valence-electron chi connectivity index (χ3n) is 4.57. The standard InChI is InChI=1S/C19H18BrF3N2O2/c20-16-3-1-2-13(8-16)18-24(4-5-25(18)27)19(26)17-14(10-22)6-12(9-21)7-15(17)11-23/h1-3,6-8,18,27H,4-5,9-11H2. The van der Waals surface area contributed by atoms with Crippen LogP contribution in [-0.2, 0) is 20.0 Å². The summed E-state index contributed by atoms with van der Waals surface area (Å²) in [6.07, 6.45) is -0.782. The number of halogens is 4. The Morgan fingerprint density at radius 3 is 2.30 bits per heavy atom. The van der Waals surface area contributed by atoms with Gasteiger partial charge in [0.25, 0.3) is 5.91 Å². The van der Waals surface area contributed by atoms with Gasteiger partial charge in [-0.3, -0.25) is 4.79 Å². The van der Waals surface area contributed by atoms with Crippen molar-refractivity contribution in [1.29, 1.82) is 0 Å². The summed E-state index contributed by atoms with van der Waals surface area (Å²) in [6.45, 7) is -2.51. The molecule has 0 spiro atoms. The van der Waals surface area contributed by atoms with Crippen LogP contribution in [0.3, 0.4) is 0 Å². The summed E-state index contributed by atoms with van der Waals surface area (Å²) in [6, 6.07) is 9.58. The van der Waals surface area contributed by atoms with Crippen LogP contribution in [0.1, 0.15) is 38.8 Å². The van der Waals surface area contributed by atoms with Crippen molar-refractivity contribution < 1.29 is 23.2 Å². The molecule has 1 atom stereocenters. The lowest BCUT2D eigenvalue weighted by Crippen LogP contribution is -2.35. The zero-order valence-corrected chi connectivity index (χ0v) is 15.9. The van der Waals surface area contributed by atoms with Crippen LogP contribution in [0.4, 0.5) is 13.2 Å². The van der Waals surface area contributed by atoms with E-state index in [0.29, 0.717) is 5.56 Å². The van der Waals surface area contributed by atoms with Crippen LogP contribution in [0.2, 0.25) is 0 Å². The van der Waals surface area contributed by atoms with Crippen LogP contribution in [0, 0.1) is 0 Å². The van der Waals surface area contributed by atoms with Crippen molar-refractivity contribution in [3.05, 3.63) is 68.7 Å². The van der Waals surface area contributed by atoms with Crippen LogP contribution in [0.15, 0.2) is 40.9 Å². The topological polar surface area (TPSA) is 43.8 Å². The second-order valence-corrected chi connectivity index (χ2v) is 7.20. The number of amides is 1. The molecule has 4 nitrogen and oxygen atoms in total. The highest BCUT2D eigenvalue weighted by molar-refractivity contribution is 9.10. The second-order valence-electron chi connectivity index (χ2n) is 6.28. The van der Waals surface area contributed by atoms with E-state index in [1.54, 1.807) is 18.2 Å². The molecule has 0 radical (unpaired) electrons. The lowest BCUT2D eigenvalue weighted by molar-refractivity contribution is -0.122. The Bertz CT molecular complexity index is 824. The minimum absolute atomic E-state index is 0.0489. The fourth-order valence-electron chi connectivity index (χ4n) is 3.39. The van der Waals surface area contributed by atoms with E-state index in [4.69, 9.17) is 0 Å². The fourth-order valence-corrected chi connectivity index (χ4v) is 3.81. The molecule has 2 aromatic rings. The summed E-state index contributed by atoms with van der Waals surface area (Å²) >= 11 is 3.35. The number of hydroxylamine groups is 2. The summed E-state index contributed by atoms with van der Waals surface area (Å²) in [5, 5.41) is 11.3. The molecule has 1 fully saturated rings. The second kappa shape index (κ2) is 8.41. The Balaban J connectivity index is 2.04. The molecule has 1 unspecified atom stereocenters. The number of rotatable bonds is 5. The molecule has 8 heteroatoms. The molecule has 0 saturated carbocycles. The summed E-state index contributed by atoms with van der Waals surface area (Å²) in [5.41, 5.74) is 0.578. The van der Waals surface area contributed by atoms with E-state index >= 15 is 0 Å². The third-order valence-corrected chi connectivity index (χ3v) is 5.07. The minimum atomic E-state index is -1.01. The number of nitrogens with zero attached hydrogens (tertiary/aromatic N) is 2. The van der Waals surface area contributed by atoms with Gasteiger partial charge in [-0.25, -0.2) is 13.2 Å². The average Bonchev–Trinajstić information content (AvgIpc) is 3.07. The van der Waals surface area contributed by atoms with Gasteiger partial charge in [-0.15, -0.1) is 0 Å². The normalized spacial score (nSPS) is 17.5. The van der Waals surface area contributed by atoms with Crippen molar-refractivity contribution in [2.24, 2.45) is 0 Å². The van der Waals surface area contributed by atoms with Gasteiger partial charge < -0.3 is 10.1 Å². The predicted molar refractivity (Wildman–Crippen MR) is 97.3 cm³/mol. The van der Waals surface area contributed by atoms with Crippen molar-refractivity contribution in [2.75, 3.05) is 13.1 Å². The first-order chi connectivity index (χ1) is 13.0. The largest absolute Gasteiger partial charge is 0.315 e. The first-order valence-corrected chi connectivity index (χ1v) is 9.14. The van der Waals surface area contributed by atoms with Crippen molar-refractivity contribution >= 4 is 21.8 Å². The van der Waals surface area contributed by atoms with Gasteiger partial charge in [-0.05, 0) is 46.5 Å². The Morgan fingerprint density at radius 2 is 1.74 bits per heavy atom. The zero-order chi connectivity index (χ0) is 19.6. The molecular weight excluding hydrogens is 425 g/mol. The Kier molecular flexibility index (Phi) is 6.18. The highest BCUT2D eigenvalue weighted by atomic mass is 79.9. The van der Waals surface area contributed by atoms with Crippen LogP contribution < -0.4 is 0 Å². The van der Waals surface area contributed by atoms with Gasteiger partial charge in [0.15, 0.2) is 0 Å². The van der Waals surface area contributed by atoms with Crippen molar-refractivity contribution in [3.8, 4) is 0 Å². The molecule has 1 heterocycles. The maximum absolute atomic E-state index is 13.5. The number of alkyl halides is 3. The van der Waals surface area contributed by atoms with Crippen molar-refractivity contribution in [2.45, 2.75) is 26.2 Å². The van der Waals surface area contributed by atoms with Gasteiger partial charge >= 0.3 is 0 Å². The molecule has 0 aromatic heterocycles. The van der Waals surface area contributed by atoms with Gasteiger partial charge in [-0.2, -0.15) is 5.06 Å². The Hall–Kier alpha value is -1.90. The van der Waals surface area contributed by atoms with E-state index in [9.17, 15) is 23.2 Å². The maximum atomic E-state index is 13.5. The van der Waals surface area contributed by atoms with E-state index in [-0.39, 0.29) is 35.3 Å². The molecule has 0 bridgehead atoms. The van der Waals surface area contributed by atoms with Gasteiger partial charge in [0, 0.05) is 17.6 Å². The molecule has 1 saturated heterocycles. The lowest BCUT2D eigenvalue weighted by atomic mass is 9.97. The van der Waals surface area contributed by atoms with Crippen molar-refractivity contribution in [3.63, 3.8) is 0 Å². The molecule has 2 aromatic carbocycles. The van der Waals surface area contributed by atoms with E-state index in [0.717, 1.165) is 9.54 Å². The van der Waals surface area contributed by atoms with Crippen LogP contribution in [0.25, 0.3) is 0 Å². The molecule has 0 aliphatic carbocycles. The number of hydrogen-bond donors (Lipinski definition) is 1. The fraction of sp³-hybridized carbons (Fsp3) is 0.316. The highest BCUT2D eigenvalue weighted by Crippen LogP contribution is 2.33. The molecule has 1 aliphatic rings.